The van der Waals surface area contributed by atoms with Gasteiger partial charge in [-0.2, -0.15) is 0 Å². The average Bonchev–Trinajstić information content (AvgIpc) is 2.80. The maximum atomic E-state index is 11.6. The second-order valence-electron chi connectivity index (χ2n) is 5.61. The van der Waals surface area contributed by atoms with Crippen molar-refractivity contribution in [1.82, 2.24) is 10.2 Å². The van der Waals surface area contributed by atoms with Gasteiger partial charge in [-0.25, -0.2) is 4.79 Å². The summed E-state index contributed by atoms with van der Waals surface area (Å²) in [6.07, 6.45) is 8.75. The molecule has 0 radical (unpaired) electrons. The number of aliphatic hydroxyl groups excluding tert-OH is 1. The van der Waals surface area contributed by atoms with E-state index < -0.39 is 6.10 Å². The van der Waals surface area contributed by atoms with Crippen LogP contribution < -0.4 is 5.32 Å². The van der Waals surface area contributed by atoms with Crippen LogP contribution in [0.1, 0.15) is 51.9 Å². The van der Waals surface area contributed by atoms with Gasteiger partial charge in [0.05, 0.1) is 6.10 Å². The van der Waals surface area contributed by atoms with Crippen molar-refractivity contribution in [3.05, 3.63) is 0 Å². The summed E-state index contributed by atoms with van der Waals surface area (Å²) in [5.74, 6) is 0.943. The predicted molar refractivity (Wildman–Crippen MR) is 73.5 cm³/mol. The highest BCUT2D eigenvalue weighted by atomic mass is 16.3. The zero-order valence-electron chi connectivity index (χ0n) is 11.8. The first-order valence-corrected chi connectivity index (χ1v) is 7.26. The van der Waals surface area contributed by atoms with Crippen LogP contribution in [-0.2, 0) is 0 Å². The minimum Gasteiger partial charge on any atom is -0.392 e. The molecule has 18 heavy (non-hydrogen) atoms. The number of rotatable bonds is 7. The number of likely N-dealkylation sites (N-methyl/N-ethyl adjacent to an activating group) is 1. The molecule has 1 atom stereocenters. The lowest BCUT2D eigenvalue weighted by Gasteiger charge is -2.19. The minimum absolute atomic E-state index is 0.0863. The standard InChI is InChI=1S/C14H28N2O2/c1-12(17)11-16(2)14(18)15-10-6-5-9-13-7-3-4-8-13/h12-13,17H,3-11H2,1-2H3,(H,15,18). The molecule has 2 N–H and O–H groups in total. The van der Waals surface area contributed by atoms with Crippen LogP contribution in [0.25, 0.3) is 0 Å². The van der Waals surface area contributed by atoms with Crippen LogP contribution in [0.4, 0.5) is 4.79 Å². The lowest BCUT2D eigenvalue weighted by Crippen LogP contribution is -2.41. The Morgan fingerprint density at radius 2 is 2.06 bits per heavy atom. The van der Waals surface area contributed by atoms with Crippen molar-refractivity contribution in [2.75, 3.05) is 20.1 Å². The van der Waals surface area contributed by atoms with Crippen molar-refractivity contribution < 1.29 is 9.90 Å². The van der Waals surface area contributed by atoms with Gasteiger partial charge in [0.1, 0.15) is 0 Å². The van der Waals surface area contributed by atoms with E-state index in [0.717, 1.165) is 18.9 Å². The number of hydrogen-bond donors (Lipinski definition) is 2. The van der Waals surface area contributed by atoms with Crippen molar-refractivity contribution in [2.24, 2.45) is 5.92 Å². The first-order valence-electron chi connectivity index (χ1n) is 7.26. The molecule has 1 rings (SSSR count). The zero-order chi connectivity index (χ0) is 13.4. The van der Waals surface area contributed by atoms with Crippen molar-refractivity contribution in [3.8, 4) is 0 Å². The summed E-state index contributed by atoms with van der Waals surface area (Å²) in [6, 6.07) is -0.0863. The van der Waals surface area contributed by atoms with E-state index >= 15 is 0 Å². The molecule has 1 fully saturated rings. The van der Waals surface area contributed by atoms with E-state index in [9.17, 15) is 9.90 Å². The summed E-state index contributed by atoms with van der Waals surface area (Å²) < 4.78 is 0. The largest absolute Gasteiger partial charge is 0.392 e. The summed E-state index contributed by atoms with van der Waals surface area (Å²) >= 11 is 0. The number of aliphatic hydroxyl groups is 1. The summed E-state index contributed by atoms with van der Waals surface area (Å²) in [6.45, 7) is 2.81. The van der Waals surface area contributed by atoms with Crippen LogP contribution in [-0.4, -0.2) is 42.3 Å². The van der Waals surface area contributed by atoms with Crippen molar-refractivity contribution in [3.63, 3.8) is 0 Å². The Balaban J connectivity index is 1.97. The Morgan fingerprint density at radius 1 is 1.39 bits per heavy atom. The molecule has 106 valence electrons. The van der Waals surface area contributed by atoms with Gasteiger partial charge in [0.15, 0.2) is 0 Å². The molecule has 0 aromatic rings. The molecule has 1 saturated carbocycles. The summed E-state index contributed by atoms with van der Waals surface area (Å²) in [7, 11) is 1.71. The second kappa shape index (κ2) is 8.35. The Kier molecular flexibility index (Phi) is 7.09. The fourth-order valence-corrected chi connectivity index (χ4v) is 2.67. The van der Waals surface area contributed by atoms with Crippen molar-refractivity contribution in [1.29, 1.82) is 0 Å². The maximum absolute atomic E-state index is 11.6. The average molecular weight is 256 g/mol. The van der Waals surface area contributed by atoms with Gasteiger partial charge in [0, 0.05) is 20.1 Å². The molecule has 4 nitrogen and oxygen atoms in total. The number of carbonyl (C=O) groups is 1. The van der Waals surface area contributed by atoms with E-state index in [1.165, 1.54) is 43.4 Å². The molecule has 1 aliphatic rings. The number of carbonyl (C=O) groups excluding carboxylic acids is 1. The third-order valence-corrected chi connectivity index (χ3v) is 3.67. The SMILES string of the molecule is CC(O)CN(C)C(=O)NCCCCC1CCCC1. The highest BCUT2D eigenvalue weighted by Gasteiger charge is 2.14. The van der Waals surface area contributed by atoms with E-state index in [-0.39, 0.29) is 6.03 Å². The van der Waals surface area contributed by atoms with Crippen LogP contribution in [0.15, 0.2) is 0 Å². The van der Waals surface area contributed by atoms with E-state index in [4.69, 9.17) is 0 Å². The molecular formula is C14H28N2O2. The predicted octanol–water partition coefficient (Wildman–Crippen LogP) is 2.37. The Hall–Kier alpha value is -0.770. The lowest BCUT2D eigenvalue weighted by molar-refractivity contribution is 0.144. The van der Waals surface area contributed by atoms with Gasteiger partial charge >= 0.3 is 6.03 Å². The van der Waals surface area contributed by atoms with Crippen LogP contribution in [0.2, 0.25) is 0 Å². The first-order chi connectivity index (χ1) is 8.59. The van der Waals surface area contributed by atoms with E-state index in [1.807, 2.05) is 0 Å². The van der Waals surface area contributed by atoms with Gasteiger partial charge in [-0.1, -0.05) is 38.5 Å². The third kappa shape index (κ3) is 6.24. The molecule has 0 aromatic carbocycles. The Bertz CT molecular complexity index is 238. The van der Waals surface area contributed by atoms with E-state index in [0.29, 0.717) is 6.54 Å². The quantitative estimate of drug-likeness (QED) is 0.687. The molecule has 4 heteroatoms. The maximum Gasteiger partial charge on any atom is 0.317 e. The molecule has 1 aliphatic carbocycles. The fraction of sp³-hybridized carbons (Fsp3) is 0.929. The first kappa shape index (κ1) is 15.3. The van der Waals surface area contributed by atoms with Gasteiger partial charge in [0.25, 0.3) is 0 Å². The van der Waals surface area contributed by atoms with E-state index in [1.54, 1.807) is 14.0 Å². The Morgan fingerprint density at radius 3 is 2.67 bits per heavy atom. The van der Waals surface area contributed by atoms with Crippen molar-refractivity contribution in [2.45, 2.75) is 58.0 Å². The highest BCUT2D eigenvalue weighted by Crippen LogP contribution is 2.28. The molecule has 0 saturated heterocycles. The van der Waals surface area contributed by atoms with Crippen LogP contribution in [0.5, 0.6) is 0 Å². The highest BCUT2D eigenvalue weighted by molar-refractivity contribution is 5.73. The number of nitrogens with one attached hydrogen (secondary N) is 1. The Labute approximate surface area is 111 Å². The molecule has 1 unspecified atom stereocenters. The van der Waals surface area contributed by atoms with Crippen LogP contribution >= 0.6 is 0 Å². The molecule has 0 spiro atoms. The molecule has 0 aliphatic heterocycles. The normalized spacial score (nSPS) is 17.7. The second-order valence-corrected chi connectivity index (χ2v) is 5.61. The smallest absolute Gasteiger partial charge is 0.317 e. The number of nitrogens with zero attached hydrogens (tertiary/aromatic N) is 1. The van der Waals surface area contributed by atoms with Gasteiger partial charge in [0.2, 0.25) is 0 Å². The molecule has 2 amide bonds. The van der Waals surface area contributed by atoms with Gasteiger partial charge in [-0.3, -0.25) is 0 Å². The molecule has 0 aromatic heterocycles. The summed E-state index contributed by atoms with van der Waals surface area (Å²) in [4.78, 5) is 13.1. The van der Waals surface area contributed by atoms with Crippen LogP contribution in [0, 0.1) is 5.92 Å². The molecular weight excluding hydrogens is 228 g/mol. The number of urea groups is 1. The molecule has 0 bridgehead atoms. The lowest BCUT2D eigenvalue weighted by atomic mass is 10.0. The van der Waals surface area contributed by atoms with Gasteiger partial charge in [-0.05, 0) is 19.3 Å². The van der Waals surface area contributed by atoms with Gasteiger partial charge in [-0.15, -0.1) is 0 Å². The minimum atomic E-state index is -0.469. The number of amides is 2. The van der Waals surface area contributed by atoms with Crippen molar-refractivity contribution >= 4 is 6.03 Å². The summed E-state index contributed by atoms with van der Waals surface area (Å²) in [5.41, 5.74) is 0. The third-order valence-electron chi connectivity index (χ3n) is 3.67. The summed E-state index contributed by atoms with van der Waals surface area (Å²) in [5, 5.41) is 12.1. The topological polar surface area (TPSA) is 52.6 Å². The van der Waals surface area contributed by atoms with Gasteiger partial charge < -0.3 is 15.3 Å². The molecule has 0 heterocycles. The monoisotopic (exact) mass is 256 g/mol. The zero-order valence-corrected chi connectivity index (χ0v) is 11.8. The van der Waals surface area contributed by atoms with Crippen LogP contribution in [0.3, 0.4) is 0 Å². The fourth-order valence-electron chi connectivity index (χ4n) is 2.67. The van der Waals surface area contributed by atoms with E-state index in [2.05, 4.69) is 5.32 Å². The number of hydrogen-bond acceptors (Lipinski definition) is 2. The number of unbranched alkanes of at least 4 members (excludes halogenated alkanes) is 1.